The molecule has 3 heteroatoms. The average molecular weight is 704 g/mol. The Morgan fingerprint density at radius 2 is 0.782 bits per heavy atom. The predicted octanol–water partition coefficient (Wildman–Crippen LogP) is 14.1. The molecule has 0 unspecified atom stereocenters. The highest BCUT2D eigenvalue weighted by molar-refractivity contribution is 6.13. The molecule has 0 radical (unpaired) electrons. The molecule has 1 aliphatic heterocycles. The summed E-state index contributed by atoms with van der Waals surface area (Å²) in [5.41, 5.74) is 19.3. The molecule has 3 nitrogen and oxygen atoms in total. The summed E-state index contributed by atoms with van der Waals surface area (Å²) in [6.07, 6.45) is 0. The summed E-state index contributed by atoms with van der Waals surface area (Å²) in [6.45, 7) is 4.50. The van der Waals surface area contributed by atoms with Crippen LogP contribution in [0.2, 0.25) is 0 Å². The smallest absolute Gasteiger partial charge is 0.0641 e. The van der Waals surface area contributed by atoms with Crippen molar-refractivity contribution < 1.29 is 0 Å². The molecular weight excluding hydrogens is 667 g/mol. The number of fused-ring (bicyclic) bond motifs is 10. The van der Waals surface area contributed by atoms with Gasteiger partial charge in [-0.1, -0.05) is 121 Å². The lowest BCUT2D eigenvalue weighted by Crippen LogP contribution is -2.11. The highest BCUT2D eigenvalue weighted by Crippen LogP contribution is 2.54. The van der Waals surface area contributed by atoms with Gasteiger partial charge in [0, 0.05) is 49.9 Å². The summed E-state index contributed by atoms with van der Waals surface area (Å²) in [5.74, 6) is 0. The molecule has 260 valence electrons. The molecular formula is C52H37N3. The fourth-order valence-electron chi connectivity index (χ4n) is 9.15. The Morgan fingerprint density at radius 3 is 1.38 bits per heavy atom. The van der Waals surface area contributed by atoms with Crippen molar-refractivity contribution in [1.82, 2.24) is 9.13 Å². The SMILES string of the molecule is Cc1cc(-n2c3c(c4ccccc42)-c2ccccc2N(c2ccccc2)c2ccccc2-3)ccc1-c1ccc(-n2c3ccccc3c3ccccc32)cc1C. The number of aryl methyl sites for hydroxylation is 2. The van der Waals surface area contributed by atoms with Gasteiger partial charge >= 0.3 is 0 Å². The van der Waals surface area contributed by atoms with Crippen LogP contribution in [0.15, 0.2) is 188 Å². The maximum absolute atomic E-state index is 2.49. The van der Waals surface area contributed by atoms with Crippen LogP contribution >= 0.6 is 0 Å². The van der Waals surface area contributed by atoms with Crippen LogP contribution in [0.4, 0.5) is 17.1 Å². The van der Waals surface area contributed by atoms with Gasteiger partial charge in [-0.3, -0.25) is 0 Å². The minimum absolute atomic E-state index is 1.14. The number of hydrogen-bond acceptors (Lipinski definition) is 1. The van der Waals surface area contributed by atoms with Crippen LogP contribution in [0, 0.1) is 13.8 Å². The fraction of sp³-hybridized carbons (Fsp3) is 0.0385. The second-order valence-corrected chi connectivity index (χ2v) is 14.6. The Balaban J connectivity index is 1.09. The maximum Gasteiger partial charge on any atom is 0.0641 e. The third-order valence-electron chi connectivity index (χ3n) is 11.5. The van der Waals surface area contributed by atoms with Crippen LogP contribution in [0.3, 0.4) is 0 Å². The highest BCUT2D eigenvalue weighted by Gasteiger charge is 2.31. The molecule has 0 bridgehead atoms. The summed E-state index contributed by atoms with van der Waals surface area (Å²) < 4.78 is 4.89. The number of anilines is 3. The van der Waals surface area contributed by atoms with Crippen molar-refractivity contribution >= 4 is 49.8 Å². The molecule has 1 aliphatic rings. The van der Waals surface area contributed by atoms with E-state index in [1.807, 2.05) is 0 Å². The van der Waals surface area contributed by atoms with E-state index in [1.165, 1.54) is 88.7 Å². The van der Waals surface area contributed by atoms with Gasteiger partial charge in [0.05, 0.1) is 33.6 Å². The van der Waals surface area contributed by atoms with E-state index < -0.39 is 0 Å². The Labute approximate surface area is 320 Å². The monoisotopic (exact) mass is 703 g/mol. The third-order valence-corrected chi connectivity index (χ3v) is 11.5. The van der Waals surface area contributed by atoms with Crippen LogP contribution in [0.25, 0.3) is 77.6 Å². The zero-order valence-electron chi connectivity index (χ0n) is 30.7. The molecule has 0 fully saturated rings. The summed E-state index contributed by atoms with van der Waals surface area (Å²) in [7, 11) is 0. The van der Waals surface area contributed by atoms with E-state index >= 15 is 0 Å². The molecule has 8 aromatic carbocycles. The standard InChI is InChI=1S/C52H37N3/c1-34-32-37(54-46-23-11-6-18-41(46)42-19-7-12-24-47(42)54)28-30-39(34)40-31-29-38(33-35(40)2)55-49-26-14-9-21-44(49)51-43-20-8-13-25-48(43)53(36-16-4-3-5-17-36)50-27-15-10-22-45(50)52(51)55/h3-33H,1-2H3. The van der Waals surface area contributed by atoms with Crippen molar-refractivity contribution in [2.45, 2.75) is 13.8 Å². The number of benzene rings is 8. The summed E-state index contributed by atoms with van der Waals surface area (Å²) >= 11 is 0. The minimum Gasteiger partial charge on any atom is -0.309 e. The van der Waals surface area contributed by atoms with Gasteiger partial charge in [0.25, 0.3) is 0 Å². The first kappa shape index (κ1) is 31.4. The molecule has 0 N–H and O–H groups in total. The Kier molecular flexibility index (Phi) is 6.99. The van der Waals surface area contributed by atoms with Gasteiger partial charge in [-0.05, 0) is 103 Å². The molecule has 2 aromatic heterocycles. The molecule has 11 rings (SSSR count). The maximum atomic E-state index is 2.49. The normalized spacial score (nSPS) is 12.1. The van der Waals surface area contributed by atoms with Crippen molar-refractivity contribution in [3.8, 4) is 44.9 Å². The first-order valence-corrected chi connectivity index (χ1v) is 19.0. The van der Waals surface area contributed by atoms with Crippen LogP contribution < -0.4 is 4.90 Å². The predicted molar refractivity (Wildman–Crippen MR) is 232 cm³/mol. The number of nitrogens with zero attached hydrogens (tertiary/aromatic N) is 3. The van der Waals surface area contributed by atoms with Gasteiger partial charge in [0.2, 0.25) is 0 Å². The van der Waals surface area contributed by atoms with Gasteiger partial charge in [0.1, 0.15) is 0 Å². The highest BCUT2D eigenvalue weighted by atomic mass is 15.2. The zero-order valence-corrected chi connectivity index (χ0v) is 30.7. The Bertz CT molecular complexity index is 3070. The van der Waals surface area contributed by atoms with Gasteiger partial charge in [0.15, 0.2) is 0 Å². The van der Waals surface area contributed by atoms with Gasteiger partial charge in [-0.15, -0.1) is 0 Å². The lowest BCUT2D eigenvalue weighted by molar-refractivity contribution is 1.13. The second kappa shape index (κ2) is 12.2. The molecule has 55 heavy (non-hydrogen) atoms. The van der Waals surface area contributed by atoms with Crippen molar-refractivity contribution in [2.75, 3.05) is 4.90 Å². The molecule has 3 heterocycles. The number of hydrogen-bond donors (Lipinski definition) is 0. The first-order valence-electron chi connectivity index (χ1n) is 19.0. The lowest BCUT2D eigenvalue weighted by atomic mass is 9.95. The van der Waals surface area contributed by atoms with E-state index in [4.69, 9.17) is 0 Å². The summed E-state index contributed by atoms with van der Waals surface area (Å²) in [4.78, 5) is 2.42. The molecule has 0 saturated carbocycles. The van der Waals surface area contributed by atoms with E-state index in [0.29, 0.717) is 0 Å². The molecule has 0 atom stereocenters. The molecule has 0 aliphatic carbocycles. The first-order chi connectivity index (χ1) is 27.2. The quantitative estimate of drug-likeness (QED) is 0.178. The molecule has 0 saturated heterocycles. The fourth-order valence-corrected chi connectivity index (χ4v) is 9.15. The topological polar surface area (TPSA) is 13.1 Å². The molecule has 0 amide bonds. The number of para-hydroxylation sites is 6. The Morgan fingerprint density at radius 1 is 0.327 bits per heavy atom. The van der Waals surface area contributed by atoms with Crippen LogP contribution in [-0.2, 0) is 0 Å². The second-order valence-electron chi connectivity index (χ2n) is 14.6. The minimum atomic E-state index is 1.14. The Hall–Kier alpha value is -7.10. The van der Waals surface area contributed by atoms with Gasteiger partial charge < -0.3 is 14.0 Å². The molecule has 0 spiro atoms. The summed E-state index contributed by atoms with van der Waals surface area (Å²) in [6, 6.07) is 68.7. The van der Waals surface area contributed by atoms with Crippen LogP contribution in [0.5, 0.6) is 0 Å². The zero-order chi connectivity index (χ0) is 36.6. The number of rotatable bonds is 4. The molecule has 10 aromatic rings. The van der Waals surface area contributed by atoms with Gasteiger partial charge in [-0.2, -0.15) is 0 Å². The number of aromatic nitrogens is 2. The van der Waals surface area contributed by atoms with Crippen LogP contribution in [-0.4, -0.2) is 9.13 Å². The third kappa shape index (κ3) is 4.70. The average Bonchev–Trinajstić information content (AvgIpc) is 3.71. The van der Waals surface area contributed by atoms with Crippen LogP contribution in [0.1, 0.15) is 11.1 Å². The van der Waals surface area contributed by atoms with E-state index in [2.05, 4.69) is 216 Å². The van der Waals surface area contributed by atoms with E-state index in [1.54, 1.807) is 0 Å². The van der Waals surface area contributed by atoms with Gasteiger partial charge in [-0.25, -0.2) is 0 Å². The summed E-state index contributed by atoms with van der Waals surface area (Å²) in [5, 5.41) is 3.80. The van der Waals surface area contributed by atoms with Crippen molar-refractivity contribution in [1.29, 1.82) is 0 Å². The van der Waals surface area contributed by atoms with Crippen molar-refractivity contribution in [3.05, 3.63) is 199 Å². The van der Waals surface area contributed by atoms with Crippen molar-refractivity contribution in [2.24, 2.45) is 0 Å². The lowest BCUT2D eigenvalue weighted by Gasteiger charge is -2.27. The van der Waals surface area contributed by atoms with Crippen molar-refractivity contribution in [3.63, 3.8) is 0 Å². The largest absolute Gasteiger partial charge is 0.309 e. The van der Waals surface area contributed by atoms with E-state index in [-0.39, 0.29) is 0 Å². The van der Waals surface area contributed by atoms with E-state index in [0.717, 1.165) is 17.1 Å². The van der Waals surface area contributed by atoms with E-state index in [9.17, 15) is 0 Å².